The molecule has 192 valence electrons. The third-order valence-electron chi connectivity index (χ3n) is 5.99. The smallest absolute Gasteiger partial charge is 0.416 e. The molecular formula is C26H21F3N2O5S. The van der Waals surface area contributed by atoms with Crippen LogP contribution in [-0.4, -0.2) is 37.3 Å². The van der Waals surface area contributed by atoms with Gasteiger partial charge < -0.3 is 9.14 Å². The van der Waals surface area contributed by atoms with Crippen molar-refractivity contribution in [1.82, 2.24) is 9.38 Å². The molecule has 0 atom stereocenters. The molecule has 0 aliphatic carbocycles. The van der Waals surface area contributed by atoms with Gasteiger partial charge in [0, 0.05) is 47.8 Å². The van der Waals surface area contributed by atoms with Crippen LogP contribution < -0.4 is 10.2 Å². The van der Waals surface area contributed by atoms with Crippen molar-refractivity contribution < 1.29 is 30.5 Å². The third-order valence-corrected chi connectivity index (χ3v) is 6.59. The van der Waals surface area contributed by atoms with Gasteiger partial charge >= 0.3 is 6.18 Å². The van der Waals surface area contributed by atoms with Gasteiger partial charge in [-0.25, -0.2) is 0 Å². The maximum Gasteiger partial charge on any atom is 0.416 e. The molecule has 5 aromatic rings. The summed E-state index contributed by atoms with van der Waals surface area (Å²) in [5.74, 6) is 0.344. The Bertz CT molecular complexity index is 1770. The van der Waals surface area contributed by atoms with Gasteiger partial charge in [0.1, 0.15) is 5.75 Å². The molecule has 0 spiro atoms. The minimum absolute atomic E-state index is 0.0651. The zero-order chi connectivity index (χ0) is 26.4. The van der Waals surface area contributed by atoms with Crippen molar-refractivity contribution in [2.24, 2.45) is 0 Å². The third kappa shape index (κ3) is 5.09. The first-order valence-electron chi connectivity index (χ1n) is 11.3. The van der Waals surface area contributed by atoms with E-state index in [1.807, 2.05) is 6.07 Å². The van der Waals surface area contributed by atoms with Crippen LogP contribution in [0.15, 0.2) is 65.8 Å². The summed E-state index contributed by atoms with van der Waals surface area (Å²) < 4.78 is 74.9. The van der Waals surface area contributed by atoms with Crippen LogP contribution in [0.5, 0.6) is 5.75 Å². The zero-order valence-corrected chi connectivity index (χ0v) is 20.4. The first-order valence-corrected chi connectivity index (χ1v) is 13.1. The van der Waals surface area contributed by atoms with E-state index < -0.39 is 21.9 Å². The Labute approximate surface area is 209 Å². The number of nitrogens with zero attached hydrogens (tertiary/aromatic N) is 2. The molecule has 5 rings (SSSR count). The van der Waals surface area contributed by atoms with E-state index in [0.717, 1.165) is 24.0 Å². The van der Waals surface area contributed by atoms with Gasteiger partial charge in [0.05, 0.1) is 41.5 Å². The zero-order valence-electron chi connectivity index (χ0n) is 19.6. The average molecular weight is 531 g/mol. The Morgan fingerprint density at radius 2 is 1.81 bits per heavy atom. The number of alkyl halides is 3. The molecule has 2 aromatic carbocycles. The van der Waals surface area contributed by atoms with Crippen LogP contribution in [0.1, 0.15) is 23.1 Å². The number of ether oxygens (including phenoxy) is 1. The van der Waals surface area contributed by atoms with E-state index in [9.17, 15) is 26.4 Å². The molecule has 0 radical (unpaired) electrons. The molecule has 0 saturated heterocycles. The summed E-state index contributed by atoms with van der Waals surface area (Å²) in [4.78, 5) is 17.6. The maximum absolute atomic E-state index is 13.5. The molecule has 0 saturated carbocycles. The van der Waals surface area contributed by atoms with Gasteiger partial charge in [0.15, 0.2) is 5.43 Å². The number of pyridine rings is 2. The molecule has 3 aromatic heterocycles. The molecule has 0 fully saturated rings. The second kappa shape index (κ2) is 9.31. The fourth-order valence-electron chi connectivity index (χ4n) is 4.41. The lowest BCUT2D eigenvalue weighted by Gasteiger charge is -2.10. The van der Waals surface area contributed by atoms with Gasteiger partial charge in [-0.05, 0) is 35.9 Å². The lowest BCUT2D eigenvalue weighted by Crippen LogP contribution is -2.13. The summed E-state index contributed by atoms with van der Waals surface area (Å²) in [6.45, 7) is 0.0499. The second-order valence-electron chi connectivity index (χ2n) is 8.72. The van der Waals surface area contributed by atoms with Gasteiger partial charge in [-0.2, -0.15) is 21.6 Å². The molecular weight excluding hydrogens is 509 g/mol. The summed E-state index contributed by atoms with van der Waals surface area (Å²) >= 11 is 0. The predicted molar refractivity (Wildman–Crippen MR) is 133 cm³/mol. The van der Waals surface area contributed by atoms with Crippen LogP contribution in [0.4, 0.5) is 13.2 Å². The average Bonchev–Trinajstić information content (AvgIpc) is 3.14. The number of aromatic nitrogens is 2. The first-order chi connectivity index (χ1) is 17.5. The highest BCUT2D eigenvalue weighted by Gasteiger charge is 2.31. The number of halogens is 3. The lowest BCUT2D eigenvalue weighted by molar-refractivity contribution is -0.137. The van der Waals surface area contributed by atoms with E-state index in [4.69, 9.17) is 8.92 Å². The highest BCUT2D eigenvalue weighted by Crippen LogP contribution is 2.38. The highest BCUT2D eigenvalue weighted by molar-refractivity contribution is 7.85. The van der Waals surface area contributed by atoms with Crippen LogP contribution >= 0.6 is 0 Å². The minimum Gasteiger partial charge on any atom is -0.493 e. The van der Waals surface area contributed by atoms with E-state index in [1.165, 1.54) is 6.07 Å². The number of rotatable bonds is 8. The van der Waals surface area contributed by atoms with Crippen molar-refractivity contribution in [2.75, 3.05) is 19.5 Å². The van der Waals surface area contributed by atoms with Gasteiger partial charge in [0.25, 0.3) is 10.1 Å². The Morgan fingerprint density at radius 3 is 2.51 bits per heavy atom. The van der Waals surface area contributed by atoms with Gasteiger partial charge in [0.2, 0.25) is 0 Å². The molecule has 0 aliphatic heterocycles. The molecule has 11 heteroatoms. The van der Waals surface area contributed by atoms with Crippen LogP contribution in [-0.2, 0) is 26.9 Å². The fourth-order valence-corrected chi connectivity index (χ4v) is 4.83. The van der Waals surface area contributed by atoms with Crippen molar-refractivity contribution in [3.63, 3.8) is 0 Å². The van der Waals surface area contributed by atoms with Gasteiger partial charge in [-0.3, -0.25) is 14.0 Å². The molecule has 0 unspecified atom stereocenters. The van der Waals surface area contributed by atoms with E-state index >= 15 is 0 Å². The standard InChI is InChI=1S/C26H21F3N2O5S/c1-37(33,34)36-9-3-8-35-19-12-21-20-6-5-18(26(27,28)29)11-23(20)31-15-17(10-16-4-2-7-30-14-16)25(32)22(13-19)24(21)31/h2,4-7,11-15H,3,8-10H2,1H3. The van der Waals surface area contributed by atoms with E-state index in [0.29, 0.717) is 38.5 Å². The predicted octanol–water partition coefficient (Wildman–Crippen LogP) is 4.79. The first kappa shape index (κ1) is 25.0. The second-order valence-corrected chi connectivity index (χ2v) is 10.4. The normalized spacial score (nSPS) is 12.6. The van der Waals surface area contributed by atoms with E-state index in [1.54, 1.807) is 41.2 Å². The van der Waals surface area contributed by atoms with E-state index in [-0.39, 0.29) is 31.5 Å². The van der Waals surface area contributed by atoms with Crippen molar-refractivity contribution in [3.05, 3.63) is 88.0 Å². The number of hydrogen-bond acceptors (Lipinski definition) is 6. The lowest BCUT2D eigenvalue weighted by atomic mass is 10.0. The molecule has 7 nitrogen and oxygen atoms in total. The Kier molecular flexibility index (Phi) is 6.28. The number of hydrogen-bond donors (Lipinski definition) is 0. The van der Waals surface area contributed by atoms with Crippen LogP contribution in [0.2, 0.25) is 0 Å². The maximum atomic E-state index is 13.5. The van der Waals surface area contributed by atoms with Gasteiger partial charge in [-0.15, -0.1) is 0 Å². The highest BCUT2D eigenvalue weighted by atomic mass is 32.2. The summed E-state index contributed by atoms with van der Waals surface area (Å²) in [5.41, 5.74) is 0.957. The van der Waals surface area contributed by atoms with Crippen molar-refractivity contribution >= 4 is 37.3 Å². The molecule has 0 bridgehead atoms. The van der Waals surface area contributed by atoms with Crippen molar-refractivity contribution in [1.29, 1.82) is 0 Å². The van der Waals surface area contributed by atoms with Crippen molar-refractivity contribution in [2.45, 2.75) is 19.0 Å². The quantitative estimate of drug-likeness (QED) is 0.212. The van der Waals surface area contributed by atoms with Crippen LogP contribution in [0.25, 0.3) is 27.2 Å². The molecule has 37 heavy (non-hydrogen) atoms. The SMILES string of the molecule is CS(=O)(=O)OCCCOc1cc2c(=O)c(Cc3cccnc3)cn3c4cc(C(F)(F)F)ccc4c(c1)c23. The van der Waals surface area contributed by atoms with E-state index in [2.05, 4.69) is 4.98 Å². The van der Waals surface area contributed by atoms with Crippen molar-refractivity contribution in [3.8, 4) is 5.75 Å². The monoisotopic (exact) mass is 530 g/mol. The molecule has 3 heterocycles. The van der Waals surface area contributed by atoms with Crippen LogP contribution in [0, 0.1) is 0 Å². The summed E-state index contributed by atoms with van der Waals surface area (Å²) in [6, 6.07) is 10.3. The molecule has 0 aliphatic rings. The van der Waals surface area contributed by atoms with Gasteiger partial charge in [-0.1, -0.05) is 12.1 Å². The number of benzene rings is 2. The summed E-state index contributed by atoms with van der Waals surface area (Å²) in [5, 5.41) is 1.43. The molecule has 0 amide bonds. The Morgan fingerprint density at radius 1 is 1.03 bits per heavy atom. The van der Waals surface area contributed by atoms with Crippen LogP contribution in [0.3, 0.4) is 0 Å². The summed E-state index contributed by atoms with van der Waals surface area (Å²) in [7, 11) is -3.57. The Balaban J connectivity index is 1.64. The summed E-state index contributed by atoms with van der Waals surface area (Å²) in [6.07, 6.45) is 1.79. The largest absolute Gasteiger partial charge is 0.493 e. The number of fused-ring (bicyclic) bond motifs is 3. The topological polar surface area (TPSA) is 87.0 Å². The minimum atomic E-state index is -4.52. The fraction of sp³-hybridized carbons (Fsp3) is 0.231. The molecule has 0 N–H and O–H groups in total. The Hall–Kier alpha value is -3.70.